The van der Waals surface area contributed by atoms with Gasteiger partial charge in [0.15, 0.2) is 0 Å². The van der Waals surface area contributed by atoms with Crippen LogP contribution in [0.25, 0.3) is 0 Å². The minimum absolute atomic E-state index is 0.355. The molecule has 0 aliphatic heterocycles. The van der Waals surface area contributed by atoms with Crippen molar-refractivity contribution in [2.45, 2.75) is 66.2 Å². The lowest BCUT2D eigenvalue weighted by Crippen LogP contribution is -2.37. The van der Waals surface area contributed by atoms with E-state index in [1.54, 1.807) is 0 Å². The molecule has 1 aliphatic rings. The summed E-state index contributed by atoms with van der Waals surface area (Å²) in [6.07, 6.45) is 8.36. The second kappa shape index (κ2) is 4.86. The van der Waals surface area contributed by atoms with Crippen LogP contribution in [0.2, 0.25) is 0 Å². The summed E-state index contributed by atoms with van der Waals surface area (Å²) in [7, 11) is 0. The van der Waals surface area contributed by atoms with Crippen LogP contribution in [0.5, 0.6) is 0 Å². The highest BCUT2D eigenvalue weighted by Crippen LogP contribution is 2.48. The largest absolute Gasteiger partial charge is 0.330 e. The van der Waals surface area contributed by atoms with Crippen molar-refractivity contribution >= 4 is 0 Å². The Morgan fingerprint density at radius 1 is 1.13 bits per heavy atom. The van der Waals surface area contributed by atoms with Crippen LogP contribution in [0.15, 0.2) is 0 Å². The van der Waals surface area contributed by atoms with E-state index < -0.39 is 0 Å². The van der Waals surface area contributed by atoms with E-state index in [1.165, 1.54) is 38.5 Å². The van der Waals surface area contributed by atoms with Crippen LogP contribution in [0.4, 0.5) is 0 Å². The van der Waals surface area contributed by atoms with Gasteiger partial charge in [-0.15, -0.1) is 0 Å². The van der Waals surface area contributed by atoms with Crippen molar-refractivity contribution in [3.05, 3.63) is 0 Å². The first-order valence-corrected chi connectivity index (χ1v) is 6.70. The maximum Gasteiger partial charge on any atom is -0.00232 e. The van der Waals surface area contributed by atoms with Crippen molar-refractivity contribution in [3.8, 4) is 0 Å². The summed E-state index contributed by atoms with van der Waals surface area (Å²) in [4.78, 5) is 0. The average molecular weight is 211 g/mol. The average Bonchev–Trinajstić information content (AvgIpc) is 2.29. The van der Waals surface area contributed by atoms with Gasteiger partial charge in [-0.1, -0.05) is 40.5 Å². The Bertz CT molecular complexity index is 182. The van der Waals surface area contributed by atoms with Gasteiger partial charge in [0.05, 0.1) is 0 Å². The van der Waals surface area contributed by atoms with Gasteiger partial charge in [-0.2, -0.15) is 0 Å². The van der Waals surface area contributed by atoms with Crippen molar-refractivity contribution in [1.29, 1.82) is 0 Å². The summed E-state index contributed by atoms with van der Waals surface area (Å²) in [6.45, 7) is 10.2. The van der Waals surface area contributed by atoms with Crippen molar-refractivity contribution in [2.75, 3.05) is 6.54 Å². The van der Waals surface area contributed by atoms with Crippen molar-refractivity contribution in [2.24, 2.45) is 22.5 Å². The third-order valence-electron chi connectivity index (χ3n) is 5.18. The molecular weight excluding hydrogens is 182 g/mol. The highest BCUT2D eigenvalue weighted by molar-refractivity contribution is 4.89. The van der Waals surface area contributed by atoms with Gasteiger partial charge in [0.1, 0.15) is 0 Å². The molecule has 0 heterocycles. The third kappa shape index (κ3) is 2.75. The van der Waals surface area contributed by atoms with Gasteiger partial charge in [-0.25, -0.2) is 0 Å². The first kappa shape index (κ1) is 13.0. The minimum atomic E-state index is 0.355. The van der Waals surface area contributed by atoms with Gasteiger partial charge >= 0.3 is 0 Å². The summed E-state index contributed by atoms with van der Waals surface area (Å²) in [5.41, 5.74) is 6.89. The van der Waals surface area contributed by atoms with E-state index in [0.29, 0.717) is 10.8 Å². The van der Waals surface area contributed by atoms with Gasteiger partial charge in [0, 0.05) is 0 Å². The second-order valence-corrected chi connectivity index (χ2v) is 6.17. The Kier molecular flexibility index (Phi) is 4.22. The maximum atomic E-state index is 5.87. The molecule has 1 nitrogen and oxygen atoms in total. The van der Waals surface area contributed by atoms with E-state index in [-0.39, 0.29) is 0 Å². The molecule has 0 amide bonds. The van der Waals surface area contributed by atoms with Gasteiger partial charge < -0.3 is 5.73 Å². The SMILES string of the molecule is CCC1(CC)CCC(C(C)(C)CN)CC1. The van der Waals surface area contributed by atoms with Crippen molar-refractivity contribution in [3.63, 3.8) is 0 Å². The van der Waals surface area contributed by atoms with Crippen LogP contribution < -0.4 is 5.73 Å². The van der Waals surface area contributed by atoms with Crippen molar-refractivity contribution < 1.29 is 0 Å². The standard InChI is InChI=1S/C14H29N/c1-5-14(6-2)9-7-12(8-10-14)13(3,4)11-15/h12H,5-11,15H2,1-4H3. The Morgan fingerprint density at radius 3 is 1.93 bits per heavy atom. The number of rotatable bonds is 4. The molecule has 1 aliphatic carbocycles. The molecule has 0 saturated heterocycles. The second-order valence-electron chi connectivity index (χ2n) is 6.17. The van der Waals surface area contributed by atoms with E-state index >= 15 is 0 Å². The molecule has 1 heteroatoms. The van der Waals surface area contributed by atoms with Crippen LogP contribution in [0.3, 0.4) is 0 Å². The zero-order chi connectivity index (χ0) is 11.5. The minimum Gasteiger partial charge on any atom is -0.330 e. The van der Waals surface area contributed by atoms with Crippen LogP contribution in [0.1, 0.15) is 66.2 Å². The lowest BCUT2D eigenvalue weighted by atomic mass is 9.62. The van der Waals surface area contributed by atoms with E-state index in [2.05, 4.69) is 27.7 Å². The molecule has 90 valence electrons. The molecule has 2 N–H and O–H groups in total. The summed E-state index contributed by atoms with van der Waals surface area (Å²) in [5.74, 6) is 0.855. The van der Waals surface area contributed by atoms with E-state index in [4.69, 9.17) is 5.73 Å². The molecule has 1 fully saturated rings. The molecule has 0 unspecified atom stereocenters. The molecule has 0 atom stereocenters. The van der Waals surface area contributed by atoms with Crippen LogP contribution >= 0.6 is 0 Å². The first-order valence-electron chi connectivity index (χ1n) is 6.70. The van der Waals surface area contributed by atoms with E-state index in [0.717, 1.165) is 12.5 Å². The lowest BCUT2D eigenvalue weighted by Gasteiger charge is -2.44. The predicted octanol–water partition coefficient (Wildman–Crippen LogP) is 3.97. The normalized spacial score (nSPS) is 23.0. The Morgan fingerprint density at radius 2 is 1.60 bits per heavy atom. The Labute approximate surface area is 95.8 Å². The molecule has 0 spiro atoms. The molecule has 0 aromatic carbocycles. The maximum absolute atomic E-state index is 5.87. The zero-order valence-electron chi connectivity index (χ0n) is 11.1. The van der Waals surface area contributed by atoms with E-state index in [1.807, 2.05) is 0 Å². The fraction of sp³-hybridized carbons (Fsp3) is 1.00. The molecule has 0 aromatic rings. The quantitative estimate of drug-likeness (QED) is 0.748. The number of hydrogen-bond donors (Lipinski definition) is 1. The summed E-state index contributed by atoms with van der Waals surface area (Å²) < 4.78 is 0. The monoisotopic (exact) mass is 211 g/mol. The number of nitrogens with two attached hydrogens (primary N) is 1. The fourth-order valence-electron chi connectivity index (χ4n) is 3.14. The van der Waals surface area contributed by atoms with Crippen molar-refractivity contribution in [1.82, 2.24) is 0 Å². The van der Waals surface area contributed by atoms with Crippen LogP contribution in [-0.4, -0.2) is 6.54 Å². The lowest BCUT2D eigenvalue weighted by molar-refractivity contribution is 0.0760. The summed E-state index contributed by atoms with van der Waals surface area (Å²) >= 11 is 0. The Hall–Kier alpha value is -0.0400. The Balaban J connectivity index is 2.55. The molecule has 0 radical (unpaired) electrons. The van der Waals surface area contributed by atoms with Gasteiger partial charge in [0.2, 0.25) is 0 Å². The summed E-state index contributed by atoms with van der Waals surface area (Å²) in [6, 6.07) is 0. The topological polar surface area (TPSA) is 26.0 Å². The molecule has 1 rings (SSSR count). The molecule has 0 bridgehead atoms. The third-order valence-corrected chi connectivity index (χ3v) is 5.18. The van der Waals surface area contributed by atoms with Gasteiger partial charge in [-0.3, -0.25) is 0 Å². The highest BCUT2D eigenvalue weighted by Gasteiger charge is 2.37. The van der Waals surface area contributed by atoms with Crippen LogP contribution in [0, 0.1) is 16.7 Å². The van der Waals surface area contributed by atoms with Crippen LogP contribution in [-0.2, 0) is 0 Å². The van der Waals surface area contributed by atoms with Gasteiger partial charge in [0.25, 0.3) is 0 Å². The summed E-state index contributed by atoms with van der Waals surface area (Å²) in [5, 5.41) is 0. The molecule has 0 aromatic heterocycles. The highest BCUT2D eigenvalue weighted by atomic mass is 14.6. The number of hydrogen-bond acceptors (Lipinski definition) is 1. The predicted molar refractivity (Wildman–Crippen MR) is 67.8 cm³/mol. The first-order chi connectivity index (χ1) is 6.99. The van der Waals surface area contributed by atoms with E-state index in [9.17, 15) is 0 Å². The molecule has 1 saturated carbocycles. The smallest absolute Gasteiger partial charge is 0.00232 e. The van der Waals surface area contributed by atoms with Gasteiger partial charge in [-0.05, 0) is 49.0 Å². The molecular formula is C14H29N. The zero-order valence-corrected chi connectivity index (χ0v) is 11.1. The molecule has 15 heavy (non-hydrogen) atoms. The fourth-order valence-corrected chi connectivity index (χ4v) is 3.14.